The van der Waals surface area contributed by atoms with Crippen molar-refractivity contribution < 1.29 is 13.5 Å². The molecule has 2 N–H and O–H groups in total. The molecular formula is C13H19F2NO. The van der Waals surface area contributed by atoms with Crippen LogP contribution >= 0.6 is 0 Å². The van der Waals surface area contributed by atoms with E-state index in [1.807, 2.05) is 0 Å². The van der Waals surface area contributed by atoms with Gasteiger partial charge < -0.3 is 10.5 Å². The van der Waals surface area contributed by atoms with E-state index in [0.717, 1.165) is 0 Å². The maximum atomic E-state index is 14.2. The van der Waals surface area contributed by atoms with Gasteiger partial charge in [-0.15, -0.1) is 0 Å². The SMILES string of the molecule is COc1ccc(C(F)(F)C(C)(C)CN)cc1C. The van der Waals surface area contributed by atoms with Gasteiger partial charge >= 0.3 is 0 Å². The van der Waals surface area contributed by atoms with Crippen LogP contribution in [0.3, 0.4) is 0 Å². The highest BCUT2D eigenvalue weighted by Crippen LogP contribution is 2.44. The number of rotatable bonds is 4. The zero-order valence-electron chi connectivity index (χ0n) is 10.7. The third kappa shape index (κ3) is 2.41. The molecule has 0 saturated heterocycles. The number of hydrogen-bond acceptors (Lipinski definition) is 2. The number of ether oxygens (including phenoxy) is 1. The van der Waals surface area contributed by atoms with Gasteiger partial charge in [0.2, 0.25) is 0 Å². The fourth-order valence-electron chi connectivity index (χ4n) is 1.59. The van der Waals surface area contributed by atoms with E-state index in [1.165, 1.54) is 33.1 Å². The van der Waals surface area contributed by atoms with Crippen LogP contribution in [0.2, 0.25) is 0 Å². The minimum atomic E-state index is -2.96. The molecule has 0 aromatic heterocycles. The van der Waals surface area contributed by atoms with Gasteiger partial charge in [-0.05, 0) is 30.7 Å². The van der Waals surface area contributed by atoms with Crippen molar-refractivity contribution in [2.45, 2.75) is 26.7 Å². The van der Waals surface area contributed by atoms with Crippen molar-refractivity contribution in [3.8, 4) is 5.75 Å². The van der Waals surface area contributed by atoms with Crippen molar-refractivity contribution in [3.05, 3.63) is 29.3 Å². The minimum absolute atomic E-state index is 0.0220. The van der Waals surface area contributed by atoms with Crippen LogP contribution in [-0.4, -0.2) is 13.7 Å². The number of aryl methyl sites for hydroxylation is 1. The lowest BCUT2D eigenvalue weighted by Gasteiger charge is -2.33. The fraction of sp³-hybridized carbons (Fsp3) is 0.538. The summed E-state index contributed by atoms with van der Waals surface area (Å²) in [6, 6.07) is 4.41. The number of alkyl halides is 2. The van der Waals surface area contributed by atoms with Crippen LogP contribution in [0.1, 0.15) is 25.0 Å². The minimum Gasteiger partial charge on any atom is -0.496 e. The molecule has 0 bridgehead atoms. The summed E-state index contributed by atoms with van der Waals surface area (Å²) in [7, 11) is 1.52. The highest BCUT2D eigenvalue weighted by Gasteiger charge is 2.47. The van der Waals surface area contributed by atoms with Gasteiger partial charge in [0.15, 0.2) is 0 Å². The molecule has 0 atom stereocenters. The molecular weight excluding hydrogens is 224 g/mol. The first-order valence-electron chi connectivity index (χ1n) is 5.49. The van der Waals surface area contributed by atoms with Gasteiger partial charge in [-0.2, -0.15) is 0 Å². The lowest BCUT2D eigenvalue weighted by atomic mass is 9.81. The molecule has 1 aromatic rings. The van der Waals surface area contributed by atoms with Crippen molar-refractivity contribution in [2.24, 2.45) is 11.1 Å². The summed E-state index contributed by atoms with van der Waals surface area (Å²) in [5.74, 6) is -2.35. The summed E-state index contributed by atoms with van der Waals surface area (Å²) in [6.07, 6.45) is 0. The second kappa shape index (κ2) is 4.61. The summed E-state index contributed by atoms with van der Waals surface area (Å²) < 4.78 is 33.5. The predicted molar refractivity (Wildman–Crippen MR) is 64.5 cm³/mol. The van der Waals surface area contributed by atoms with Crippen LogP contribution in [0.5, 0.6) is 5.75 Å². The summed E-state index contributed by atoms with van der Waals surface area (Å²) in [4.78, 5) is 0. The molecule has 0 amide bonds. The molecule has 2 nitrogen and oxygen atoms in total. The second-order valence-electron chi connectivity index (χ2n) is 4.85. The predicted octanol–water partition coefficient (Wildman–Crippen LogP) is 3.08. The van der Waals surface area contributed by atoms with Crippen molar-refractivity contribution >= 4 is 0 Å². The van der Waals surface area contributed by atoms with E-state index in [0.29, 0.717) is 11.3 Å². The van der Waals surface area contributed by atoms with Gasteiger partial charge in [-0.25, -0.2) is 8.78 Å². The van der Waals surface area contributed by atoms with Crippen molar-refractivity contribution in [3.63, 3.8) is 0 Å². The van der Waals surface area contributed by atoms with Crippen LogP contribution in [-0.2, 0) is 5.92 Å². The molecule has 0 fully saturated rings. The van der Waals surface area contributed by atoms with Gasteiger partial charge in [0, 0.05) is 17.5 Å². The van der Waals surface area contributed by atoms with Crippen molar-refractivity contribution in [2.75, 3.05) is 13.7 Å². The molecule has 0 spiro atoms. The molecule has 0 heterocycles. The van der Waals surface area contributed by atoms with Gasteiger partial charge in [-0.1, -0.05) is 13.8 Å². The maximum absolute atomic E-state index is 14.2. The molecule has 4 heteroatoms. The van der Waals surface area contributed by atoms with E-state index < -0.39 is 11.3 Å². The van der Waals surface area contributed by atoms with Gasteiger partial charge in [0.1, 0.15) is 5.75 Å². The maximum Gasteiger partial charge on any atom is 0.279 e. The summed E-state index contributed by atoms with van der Waals surface area (Å²) in [5, 5.41) is 0. The number of nitrogens with two attached hydrogens (primary N) is 1. The quantitative estimate of drug-likeness (QED) is 0.882. The number of methoxy groups -OCH3 is 1. The first kappa shape index (κ1) is 13.9. The van der Waals surface area contributed by atoms with E-state index in [-0.39, 0.29) is 12.1 Å². The molecule has 0 saturated carbocycles. The lowest BCUT2D eigenvalue weighted by Crippen LogP contribution is -2.40. The fourth-order valence-corrected chi connectivity index (χ4v) is 1.59. The molecule has 0 aliphatic rings. The summed E-state index contributed by atoms with van der Waals surface area (Å²) >= 11 is 0. The highest BCUT2D eigenvalue weighted by atomic mass is 19.3. The van der Waals surface area contributed by atoms with Gasteiger partial charge in [0.25, 0.3) is 5.92 Å². The Bertz CT molecular complexity index is 402. The molecule has 96 valence electrons. The molecule has 0 radical (unpaired) electrons. The molecule has 17 heavy (non-hydrogen) atoms. The van der Waals surface area contributed by atoms with Crippen LogP contribution in [0.25, 0.3) is 0 Å². The lowest BCUT2D eigenvalue weighted by molar-refractivity contribution is -0.108. The van der Waals surface area contributed by atoms with E-state index in [4.69, 9.17) is 10.5 Å². The topological polar surface area (TPSA) is 35.2 Å². The molecule has 0 unspecified atom stereocenters. The Balaban J connectivity index is 3.20. The van der Waals surface area contributed by atoms with Crippen LogP contribution < -0.4 is 10.5 Å². The third-order valence-electron chi connectivity index (χ3n) is 3.12. The zero-order chi connectivity index (χ0) is 13.3. The van der Waals surface area contributed by atoms with E-state index in [1.54, 1.807) is 13.0 Å². The monoisotopic (exact) mass is 243 g/mol. The highest BCUT2D eigenvalue weighted by molar-refractivity contribution is 5.38. The first-order chi connectivity index (χ1) is 7.76. The Hall–Kier alpha value is -1.16. The van der Waals surface area contributed by atoms with E-state index >= 15 is 0 Å². The number of halogens is 2. The van der Waals surface area contributed by atoms with Crippen molar-refractivity contribution in [1.29, 1.82) is 0 Å². The average Bonchev–Trinajstić information content (AvgIpc) is 2.28. The van der Waals surface area contributed by atoms with Gasteiger partial charge in [0.05, 0.1) is 7.11 Å². The summed E-state index contributed by atoms with van der Waals surface area (Å²) in [6.45, 7) is 4.60. The van der Waals surface area contributed by atoms with Crippen molar-refractivity contribution in [1.82, 2.24) is 0 Å². The number of benzene rings is 1. The Morgan fingerprint density at radius 1 is 1.29 bits per heavy atom. The smallest absolute Gasteiger partial charge is 0.279 e. The second-order valence-corrected chi connectivity index (χ2v) is 4.85. The normalized spacial score (nSPS) is 12.6. The van der Waals surface area contributed by atoms with Gasteiger partial charge in [-0.3, -0.25) is 0 Å². The largest absolute Gasteiger partial charge is 0.496 e. The molecule has 0 aliphatic carbocycles. The van der Waals surface area contributed by atoms with Crippen LogP contribution in [0.15, 0.2) is 18.2 Å². The Morgan fingerprint density at radius 2 is 1.88 bits per heavy atom. The molecule has 0 aliphatic heterocycles. The molecule has 1 rings (SSSR count). The number of hydrogen-bond donors (Lipinski definition) is 1. The summed E-state index contributed by atoms with van der Waals surface area (Å²) in [5.41, 5.74) is 4.82. The van der Waals surface area contributed by atoms with E-state index in [9.17, 15) is 8.78 Å². The third-order valence-corrected chi connectivity index (χ3v) is 3.12. The Kier molecular flexibility index (Phi) is 3.77. The standard InChI is InChI=1S/C13H19F2NO/c1-9-7-10(5-6-11(9)17-4)13(14,15)12(2,3)8-16/h5-7H,8,16H2,1-4H3. The van der Waals surface area contributed by atoms with Crippen LogP contribution in [0.4, 0.5) is 8.78 Å². The van der Waals surface area contributed by atoms with E-state index in [2.05, 4.69) is 0 Å². The Labute approximate surface area is 101 Å². The first-order valence-corrected chi connectivity index (χ1v) is 5.49. The average molecular weight is 243 g/mol. The molecule has 1 aromatic carbocycles. The van der Waals surface area contributed by atoms with Crippen LogP contribution in [0, 0.1) is 12.3 Å². The Morgan fingerprint density at radius 3 is 2.29 bits per heavy atom. The zero-order valence-corrected chi connectivity index (χ0v) is 10.7.